The van der Waals surface area contributed by atoms with Crippen LogP contribution in [0.2, 0.25) is 0 Å². The van der Waals surface area contributed by atoms with Gasteiger partial charge in [0.1, 0.15) is 84.0 Å². The van der Waals surface area contributed by atoms with Crippen molar-refractivity contribution in [1.82, 2.24) is 74.0 Å². The number of nitrogens with two attached hydrogens (primary N) is 6. The lowest BCUT2D eigenvalue weighted by Gasteiger charge is -2.31. The van der Waals surface area contributed by atoms with Crippen LogP contribution < -0.4 is 104 Å². The first-order valence-corrected chi connectivity index (χ1v) is 38.4. The molecule has 0 aromatic heterocycles. The standard InChI is InChI=1S/C68H102IN21O21S2/c1-33(91)54-65(109)87-45(29-53(97)98)66(110)90-26-6-10-48(90)64(108)85-40(8-4-24-77-67(73)74)58(102)88-47(32-113)63(107)81-39(9-5-25-78-68(75)111)56(100)82-41(17-13-34-14-20-49(93)37(69)27-34)59(103)83-42(18-21-50(71)94)60(104)80-38(57(101)86-44(55(72)99)28-35-11-15-36(92)16-12-35)7-2-3-23-76-51(95)22-19-43(61(105)89-54)84-62(106)46(31-112)79-52(96)30-70/h11-12,14-16,20,27,33,38-48,54,91-93,112-113H,2-10,13,17-19,21-26,28-32,70H2,1H3,(H2,71,94)(H2,72,99)(H,76,95)(H,79,96)(H,80,104)(H,81,107)(H,82,100)(H,83,103)(H,84,106)(H,85,108)(H,86,101)(H,87,109)(H,88,102)(H,89,105)(H,97,98)(H4,73,74,77)(H3,75,78,111)/t33-,38+,39+,40+,41+,42+,43+,44+,45+,46+,47+,48+,54+/m1/s1. The lowest BCUT2D eigenvalue weighted by Crippen LogP contribution is -2.62. The van der Waals surface area contributed by atoms with E-state index in [1.54, 1.807) is 6.07 Å². The Balaban J connectivity index is 1.91. The number of primary amides is 3. The zero-order chi connectivity index (χ0) is 84.2. The van der Waals surface area contributed by atoms with Gasteiger partial charge in [-0.2, -0.15) is 25.3 Å². The summed E-state index contributed by atoms with van der Waals surface area (Å²) < 4.78 is 0.390. The minimum absolute atomic E-state index is 0.00498. The van der Waals surface area contributed by atoms with E-state index in [-0.39, 0.29) is 126 Å². The number of aryl methyl sites for hydroxylation is 1. The molecule has 2 fully saturated rings. The molecule has 17 amide bonds. The smallest absolute Gasteiger partial charge is 0.312 e. The van der Waals surface area contributed by atoms with Crippen LogP contribution in [0.5, 0.6) is 11.5 Å². The van der Waals surface area contributed by atoms with Crippen molar-refractivity contribution >= 4 is 154 Å². The lowest BCUT2D eigenvalue weighted by atomic mass is 10.0. The maximum absolute atomic E-state index is 14.9. The molecule has 624 valence electrons. The van der Waals surface area contributed by atoms with E-state index < -0.39 is 224 Å². The average Bonchev–Trinajstić information content (AvgIpc) is 1.54. The van der Waals surface area contributed by atoms with Crippen LogP contribution in [0.15, 0.2) is 47.5 Å². The number of aromatic hydroxyl groups is 2. The molecule has 4 rings (SSSR count). The number of carbonyl (C=O) groups is 17. The van der Waals surface area contributed by atoms with Crippen molar-refractivity contribution in [2.24, 2.45) is 39.4 Å². The van der Waals surface area contributed by atoms with Gasteiger partial charge in [0.25, 0.3) is 0 Å². The van der Waals surface area contributed by atoms with Gasteiger partial charge in [0, 0.05) is 56.9 Å². The molecular weight excluding hydrogens is 1640 g/mol. The number of phenolic OH excluding ortho intramolecular Hbond substituents is 2. The molecule has 0 aliphatic carbocycles. The van der Waals surface area contributed by atoms with E-state index in [0.29, 0.717) is 14.7 Å². The summed E-state index contributed by atoms with van der Waals surface area (Å²) in [7, 11) is 0. The maximum Gasteiger partial charge on any atom is 0.312 e. The van der Waals surface area contributed by atoms with Crippen LogP contribution in [-0.2, 0) is 89.6 Å². The third-order valence-electron chi connectivity index (χ3n) is 17.8. The van der Waals surface area contributed by atoms with Gasteiger partial charge in [-0.05, 0) is 148 Å². The predicted octanol–water partition coefficient (Wildman–Crippen LogP) is -7.79. The van der Waals surface area contributed by atoms with E-state index in [4.69, 9.17) is 34.4 Å². The van der Waals surface area contributed by atoms with Gasteiger partial charge >= 0.3 is 12.0 Å². The number of nitrogens with one attached hydrogen (secondary N) is 13. The number of halogens is 1. The van der Waals surface area contributed by atoms with E-state index in [2.05, 4.69) is 99.4 Å². The molecular formula is C68H102IN21O21S2. The van der Waals surface area contributed by atoms with E-state index in [0.717, 1.165) is 11.8 Å². The second-order valence-corrected chi connectivity index (χ2v) is 28.5. The molecule has 0 spiro atoms. The predicted molar refractivity (Wildman–Crippen MR) is 418 cm³/mol. The lowest BCUT2D eigenvalue weighted by molar-refractivity contribution is -0.146. The number of hydrogen-bond acceptors (Lipinski definition) is 24. The number of fused-ring (bicyclic) bond motifs is 1. The summed E-state index contributed by atoms with van der Waals surface area (Å²) in [6, 6.07) is -11.3. The summed E-state index contributed by atoms with van der Waals surface area (Å²) >= 11 is 10.3. The second-order valence-electron chi connectivity index (χ2n) is 26.6. The number of carboxylic acid groups (broad SMARTS) is 1. The average molecular weight is 1740 g/mol. The summed E-state index contributed by atoms with van der Waals surface area (Å²) in [5.41, 5.74) is 34.1. The minimum Gasteiger partial charge on any atom is -0.508 e. The van der Waals surface area contributed by atoms with Crippen LogP contribution >= 0.6 is 47.8 Å². The molecule has 13 atom stereocenters. The number of phenols is 2. The highest BCUT2D eigenvalue weighted by atomic mass is 127. The SMILES string of the molecule is C[C@@H](O)[C@@H]1NC(=O)[C@@H](NC(=O)[C@H](CS)NC(=O)CN)CCC(=O)NCCCC[C@@H](C(=O)N[C@@H](Cc2ccc(O)cc2)C(N)=O)NC(=O)[C@H](CCC(N)=O)NC(=O)[C@H](CCc2ccc(O)c(I)c2)NC(=O)[C@H](CCCNC(N)=O)NC(=O)[C@H](CS)NC(=O)[C@H](CCCN=C(N)N)NC(=O)[C@@H]2CCCN2C(=O)[C@H](CC(=O)O)NC1=O. The topological polar surface area (TPSA) is 699 Å². The van der Waals surface area contributed by atoms with Crippen molar-refractivity contribution in [3.63, 3.8) is 0 Å². The highest BCUT2D eigenvalue weighted by molar-refractivity contribution is 14.1. The Labute approximate surface area is 673 Å². The molecule has 2 heterocycles. The third-order valence-corrected chi connectivity index (χ3v) is 19.4. The number of amides is 17. The highest BCUT2D eigenvalue weighted by Crippen LogP contribution is 2.23. The van der Waals surface area contributed by atoms with Crippen LogP contribution in [-0.4, -0.2) is 255 Å². The van der Waals surface area contributed by atoms with E-state index in [1.807, 2.05) is 22.6 Å². The zero-order valence-electron chi connectivity index (χ0n) is 61.9. The Morgan fingerprint density at radius 2 is 1.24 bits per heavy atom. The number of aliphatic hydroxyl groups excluding tert-OH is 1. The van der Waals surface area contributed by atoms with Crippen molar-refractivity contribution in [3.8, 4) is 11.5 Å². The Bertz CT molecular complexity index is 3750. The van der Waals surface area contributed by atoms with Crippen molar-refractivity contribution in [3.05, 3.63) is 57.2 Å². The Hall–Kier alpha value is -10.5. The summed E-state index contributed by atoms with van der Waals surface area (Å²) in [6.07, 6.45) is -6.95. The van der Waals surface area contributed by atoms with E-state index >= 15 is 0 Å². The van der Waals surface area contributed by atoms with Gasteiger partial charge in [-0.25, -0.2) is 4.79 Å². The van der Waals surface area contributed by atoms with Gasteiger partial charge in [-0.3, -0.25) is 81.7 Å². The zero-order valence-corrected chi connectivity index (χ0v) is 65.8. The number of carboxylic acids is 1. The van der Waals surface area contributed by atoms with Crippen molar-refractivity contribution in [2.45, 2.75) is 195 Å². The van der Waals surface area contributed by atoms with Crippen LogP contribution in [0.25, 0.3) is 0 Å². The fourth-order valence-corrected chi connectivity index (χ4v) is 12.8. The van der Waals surface area contributed by atoms with Gasteiger partial charge in [0.05, 0.1) is 22.6 Å². The van der Waals surface area contributed by atoms with Gasteiger partial charge in [-0.1, -0.05) is 18.2 Å². The van der Waals surface area contributed by atoms with Gasteiger partial charge in [0.2, 0.25) is 88.6 Å². The quantitative estimate of drug-likeness (QED) is 0.0124. The second kappa shape index (κ2) is 48.4. The highest BCUT2D eigenvalue weighted by Gasteiger charge is 2.42. The van der Waals surface area contributed by atoms with Crippen molar-refractivity contribution in [2.75, 3.05) is 44.2 Å². The summed E-state index contributed by atoms with van der Waals surface area (Å²) in [5.74, 6) is -19.0. The number of hydrogen-bond donors (Lipinski definition) is 25. The Morgan fingerprint density at radius 1 is 0.655 bits per heavy atom. The summed E-state index contributed by atoms with van der Waals surface area (Å²) in [6.45, 7) is -0.267. The summed E-state index contributed by atoms with van der Waals surface area (Å²) in [5, 5.41) is 73.3. The number of aliphatic imine (C=N–C) groups is 1. The van der Waals surface area contributed by atoms with Gasteiger partial charge < -0.3 is 129 Å². The molecule has 0 unspecified atom stereocenters. The number of urea groups is 1. The molecule has 2 aromatic carbocycles. The number of rotatable bonds is 28. The molecule has 2 aromatic rings. The molecule has 0 radical (unpaired) electrons. The normalized spacial score (nSPS) is 22.8. The molecule has 0 saturated carbocycles. The van der Waals surface area contributed by atoms with Gasteiger partial charge in [0.15, 0.2) is 5.96 Å². The maximum atomic E-state index is 14.9. The first-order valence-electron chi connectivity index (χ1n) is 36.1. The number of carbonyl (C=O) groups excluding carboxylic acids is 16. The number of nitrogens with zero attached hydrogens (tertiary/aromatic N) is 2. The number of guanidine groups is 1. The first-order chi connectivity index (χ1) is 53.4. The van der Waals surface area contributed by atoms with Crippen LogP contribution in [0.1, 0.15) is 114 Å². The number of benzene rings is 2. The number of thiol groups is 2. The molecule has 42 nitrogen and oxygen atoms in total. The first kappa shape index (κ1) is 94.8. The number of aliphatic hydroxyl groups is 1. The van der Waals surface area contributed by atoms with E-state index in [1.165, 1.54) is 36.4 Å². The molecule has 2 aliphatic rings. The Morgan fingerprint density at radius 3 is 1.81 bits per heavy atom. The molecule has 2 saturated heterocycles. The fourth-order valence-electron chi connectivity index (χ4n) is 11.7. The van der Waals surface area contributed by atoms with Gasteiger partial charge in [-0.15, -0.1) is 0 Å². The summed E-state index contributed by atoms with van der Waals surface area (Å²) in [4.78, 5) is 240. The van der Waals surface area contributed by atoms with Crippen molar-refractivity contribution < 1.29 is 102 Å². The third kappa shape index (κ3) is 33.4. The molecule has 113 heavy (non-hydrogen) atoms. The van der Waals surface area contributed by atoms with Crippen LogP contribution in [0.4, 0.5) is 4.79 Å². The Kier molecular flexibility index (Phi) is 40.6. The van der Waals surface area contributed by atoms with E-state index in [9.17, 15) is 102 Å². The number of aliphatic carboxylic acids is 1. The van der Waals surface area contributed by atoms with Crippen LogP contribution in [0, 0.1) is 3.57 Å². The molecule has 0 bridgehead atoms. The molecule has 29 N–H and O–H groups in total. The largest absolute Gasteiger partial charge is 0.508 e. The molecule has 2 aliphatic heterocycles. The molecule has 45 heteroatoms. The fraction of sp³-hybridized carbons (Fsp3) is 0.559. The minimum atomic E-state index is -2.07. The van der Waals surface area contributed by atoms with Crippen molar-refractivity contribution in [1.29, 1.82) is 0 Å². The monoisotopic (exact) mass is 1740 g/mol. The van der Waals surface area contributed by atoms with Crippen LogP contribution in [0.3, 0.4) is 0 Å².